The first-order chi connectivity index (χ1) is 9.31. The highest BCUT2D eigenvalue weighted by molar-refractivity contribution is 5.39. The van der Waals surface area contributed by atoms with E-state index in [1.54, 1.807) is 0 Å². The molecule has 2 atom stereocenters. The topological polar surface area (TPSA) is 63.8 Å². The molecule has 1 aliphatic carbocycles. The number of fused-ring (bicyclic) bond motifs is 4. The van der Waals surface area contributed by atoms with Gasteiger partial charge in [-0.25, -0.2) is 9.97 Å². The standard InChI is InChI=1S/C15H16N4/c16-15-18-8-10-5-14-12(6-13(10)19-15)11-4-2-1-3-9(11)7-17-14/h1-4,8,12,14,17H,5-7H2,(H2,16,18,19)/t12-,14+/m0/s1. The average molecular weight is 252 g/mol. The minimum Gasteiger partial charge on any atom is -0.368 e. The summed E-state index contributed by atoms with van der Waals surface area (Å²) in [5.41, 5.74) is 10.9. The largest absolute Gasteiger partial charge is 0.368 e. The van der Waals surface area contributed by atoms with E-state index >= 15 is 0 Å². The van der Waals surface area contributed by atoms with Gasteiger partial charge in [0.15, 0.2) is 0 Å². The Kier molecular flexibility index (Phi) is 2.32. The zero-order chi connectivity index (χ0) is 12.8. The lowest BCUT2D eigenvalue weighted by atomic mass is 9.75. The van der Waals surface area contributed by atoms with Crippen LogP contribution in [0.15, 0.2) is 30.5 Å². The van der Waals surface area contributed by atoms with Crippen molar-refractivity contribution in [1.29, 1.82) is 0 Å². The van der Waals surface area contributed by atoms with Gasteiger partial charge in [0.1, 0.15) is 0 Å². The molecule has 1 aromatic carbocycles. The molecule has 0 amide bonds. The van der Waals surface area contributed by atoms with E-state index in [1.165, 1.54) is 16.7 Å². The van der Waals surface area contributed by atoms with E-state index in [-0.39, 0.29) is 0 Å². The van der Waals surface area contributed by atoms with Gasteiger partial charge in [-0.15, -0.1) is 0 Å². The lowest BCUT2D eigenvalue weighted by Crippen LogP contribution is -2.44. The Morgan fingerprint density at radius 1 is 1.16 bits per heavy atom. The summed E-state index contributed by atoms with van der Waals surface area (Å²) in [6.07, 6.45) is 3.83. The van der Waals surface area contributed by atoms with Gasteiger partial charge in [-0.1, -0.05) is 24.3 Å². The van der Waals surface area contributed by atoms with Crippen molar-refractivity contribution >= 4 is 5.95 Å². The van der Waals surface area contributed by atoms with Crippen molar-refractivity contribution in [3.8, 4) is 0 Å². The van der Waals surface area contributed by atoms with Crippen LogP contribution in [0.4, 0.5) is 5.95 Å². The normalized spacial score (nSPS) is 24.2. The van der Waals surface area contributed by atoms with Gasteiger partial charge in [0.25, 0.3) is 0 Å². The summed E-state index contributed by atoms with van der Waals surface area (Å²) < 4.78 is 0. The second-order valence-electron chi connectivity index (χ2n) is 5.40. The second-order valence-corrected chi connectivity index (χ2v) is 5.40. The van der Waals surface area contributed by atoms with E-state index in [2.05, 4.69) is 39.6 Å². The summed E-state index contributed by atoms with van der Waals surface area (Å²) in [4.78, 5) is 8.53. The van der Waals surface area contributed by atoms with Crippen molar-refractivity contribution in [3.63, 3.8) is 0 Å². The molecule has 4 rings (SSSR count). The van der Waals surface area contributed by atoms with Gasteiger partial charge in [0.2, 0.25) is 5.95 Å². The maximum absolute atomic E-state index is 5.71. The molecule has 1 aromatic heterocycles. The minimum atomic E-state index is 0.384. The Hall–Kier alpha value is -1.94. The molecule has 2 aliphatic rings. The molecule has 96 valence electrons. The van der Waals surface area contributed by atoms with Crippen molar-refractivity contribution < 1.29 is 0 Å². The highest BCUT2D eigenvalue weighted by Gasteiger charge is 2.34. The van der Waals surface area contributed by atoms with Gasteiger partial charge in [-0.05, 0) is 29.5 Å². The van der Waals surface area contributed by atoms with E-state index in [0.29, 0.717) is 17.9 Å². The van der Waals surface area contributed by atoms with Crippen LogP contribution >= 0.6 is 0 Å². The number of hydrogen-bond acceptors (Lipinski definition) is 4. The third-order valence-corrected chi connectivity index (χ3v) is 4.32. The van der Waals surface area contributed by atoms with E-state index < -0.39 is 0 Å². The van der Waals surface area contributed by atoms with Crippen LogP contribution in [0, 0.1) is 0 Å². The van der Waals surface area contributed by atoms with Gasteiger partial charge in [-0.2, -0.15) is 0 Å². The predicted molar refractivity (Wildman–Crippen MR) is 73.7 cm³/mol. The van der Waals surface area contributed by atoms with Crippen molar-refractivity contribution in [2.45, 2.75) is 31.3 Å². The number of hydrogen-bond donors (Lipinski definition) is 2. The summed E-state index contributed by atoms with van der Waals surface area (Å²) in [5, 5.41) is 3.65. The van der Waals surface area contributed by atoms with Gasteiger partial charge in [-0.3, -0.25) is 0 Å². The van der Waals surface area contributed by atoms with Crippen molar-refractivity contribution in [2.24, 2.45) is 0 Å². The predicted octanol–water partition coefficient (Wildman–Crippen LogP) is 1.41. The fourth-order valence-corrected chi connectivity index (χ4v) is 3.37. The van der Waals surface area contributed by atoms with Crippen LogP contribution in [-0.2, 0) is 19.4 Å². The minimum absolute atomic E-state index is 0.384. The van der Waals surface area contributed by atoms with E-state index in [4.69, 9.17) is 5.73 Å². The van der Waals surface area contributed by atoms with Crippen molar-refractivity contribution in [2.75, 3.05) is 5.73 Å². The third kappa shape index (κ3) is 1.71. The van der Waals surface area contributed by atoms with Crippen LogP contribution in [0.5, 0.6) is 0 Å². The number of nitrogens with one attached hydrogen (secondary N) is 1. The maximum atomic E-state index is 5.71. The molecule has 19 heavy (non-hydrogen) atoms. The number of anilines is 1. The molecule has 4 heteroatoms. The van der Waals surface area contributed by atoms with Gasteiger partial charge in [0.05, 0.1) is 0 Å². The molecule has 0 saturated heterocycles. The molecule has 0 bridgehead atoms. The monoisotopic (exact) mass is 252 g/mol. The van der Waals surface area contributed by atoms with Crippen LogP contribution in [0.3, 0.4) is 0 Å². The zero-order valence-electron chi connectivity index (χ0n) is 10.6. The summed E-state index contributed by atoms with van der Waals surface area (Å²) in [6, 6.07) is 9.20. The number of rotatable bonds is 0. The molecule has 2 aromatic rings. The van der Waals surface area contributed by atoms with Crippen LogP contribution in [0.1, 0.15) is 28.3 Å². The molecule has 0 saturated carbocycles. The fourth-order valence-electron chi connectivity index (χ4n) is 3.37. The summed E-state index contributed by atoms with van der Waals surface area (Å²) in [5.74, 6) is 0.890. The van der Waals surface area contributed by atoms with Crippen LogP contribution in [0.2, 0.25) is 0 Å². The van der Waals surface area contributed by atoms with Crippen LogP contribution < -0.4 is 11.1 Å². The highest BCUT2D eigenvalue weighted by atomic mass is 15.0. The summed E-state index contributed by atoms with van der Waals surface area (Å²) >= 11 is 0. The first kappa shape index (κ1) is 10.9. The number of nitrogens with two attached hydrogens (primary N) is 1. The molecule has 1 aliphatic heterocycles. The number of nitrogens with zero attached hydrogens (tertiary/aromatic N) is 2. The SMILES string of the molecule is Nc1ncc2c(n1)C[C@H]1c3ccccc3CN[C@@H]1C2. The lowest BCUT2D eigenvalue weighted by Gasteiger charge is -2.38. The molecule has 0 unspecified atom stereocenters. The Bertz CT molecular complexity index is 638. The first-order valence-corrected chi connectivity index (χ1v) is 6.73. The molecule has 3 N–H and O–H groups in total. The third-order valence-electron chi connectivity index (χ3n) is 4.32. The van der Waals surface area contributed by atoms with E-state index in [1.807, 2.05) is 6.20 Å². The summed E-state index contributed by atoms with van der Waals surface area (Å²) in [7, 11) is 0. The molecular formula is C15H16N4. The second kappa shape index (κ2) is 4.03. The lowest BCUT2D eigenvalue weighted by molar-refractivity contribution is 0.375. The molecule has 0 fully saturated rings. The maximum Gasteiger partial charge on any atom is 0.220 e. The molecule has 0 spiro atoms. The number of nitrogen functional groups attached to an aromatic ring is 1. The quantitative estimate of drug-likeness (QED) is 0.744. The van der Waals surface area contributed by atoms with Crippen LogP contribution in [-0.4, -0.2) is 16.0 Å². The number of benzene rings is 1. The fraction of sp³-hybridized carbons (Fsp3) is 0.333. The number of aromatic nitrogens is 2. The molecular weight excluding hydrogens is 236 g/mol. The molecule has 4 nitrogen and oxygen atoms in total. The highest BCUT2D eigenvalue weighted by Crippen LogP contribution is 2.36. The first-order valence-electron chi connectivity index (χ1n) is 6.73. The van der Waals surface area contributed by atoms with Gasteiger partial charge in [0, 0.05) is 30.4 Å². The van der Waals surface area contributed by atoms with Gasteiger partial charge < -0.3 is 11.1 Å². The van der Waals surface area contributed by atoms with Gasteiger partial charge >= 0.3 is 0 Å². The Balaban J connectivity index is 1.78. The molecule has 0 radical (unpaired) electrons. The van der Waals surface area contributed by atoms with Crippen molar-refractivity contribution in [1.82, 2.24) is 15.3 Å². The molecule has 2 heterocycles. The van der Waals surface area contributed by atoms with E-state index in [0.717, 1.165) is 25.1 Å². The smallest absolute Gasteiger partial charge is 0.220 e. The Morgan fingerprint density at radius 3 is 3.00 bits per heavy atom. The summed E-state index contributed by atoms with van der Waals surface area (Å²) in [6.45, 7) is 0.961. The Labute approximate surface area is 112 Å². The van der Waals surface area contributed by atoms with Crippen molar-refractivity contribution in [3.05, 3.63) is 52.8 Å². The van der Waals surface area contributed by atoms with E-state index in [9.17, 15) is 0 Å². The Morgan fingerprint density at radius 2 is 2.05 bits per heavy atom. The zero-order valence-corrected chi connectivity index (χ0v) is 10.6. The van der Waals surface area contributed by atoms with Crippen LogP contribution in [0.25, 0.3) is 0 Å². The average Bonchev–Trinajstić information content (AvgIpc) is 2.45.